The van der Waals surface area contributed by atoms with Crippen LogP contribution in [0.5, 0.6) is 11.5 Å². The Balaban J connectivity index is 2.18. The van der Waals surface area contributed by atoms with Crippen molar-refractivity contribution in [1.29, 1.82) is 0 Å². The van der Waals surface area contributed by atoms with Crippen LogP contribution in [-0.2, 0) is 10.0 Å². The molecule has 0 heterocycles. The van der Waals surface area contributed by atoms with Crippen LogP contribution in [0.25, 0.3) is 0 Å². The SMILES string of the molecule is CCOc1ccc(S(=O)(=O)NNC(=O)c2ccc(C)cc2C)cc1OCC. The summed E-state index contributed by atoms with van der Waals surface area (Å²) in [5.74, 6) is 0.243. The van der Waals surface area contributed by atoms with Crippen LogP contribution in [0.4, 0.5) is 0 Å². The lowest BCUT2D eigenvalue weighted by atomic mass is 10.1. The second kappa shape index (κ2) is 8.88. The summed E-state index contributed by atoms with van der Waals surface area (Å²) in [6, 6.07) is 9.56. The van der Waals surface area contributed by atoms with E-state index in [1.54, 1.807) is 26.0 Å². The molecule has 0 unspecified atom stereocenters. The Morgan fingerprint density at radius 2 is 1.63 bits per heavy atom. The summed E-state index contributed by atoms with van der Waals surface area (Å²) >= 11 is 0. The largest absolute Gasteiger partial charge is 0.490 e. The maximum absolute atomic E-state index is 12.5. The van der Waals surface area contributed by atoms with Gasteiger partial charge in [-0.05, 0) is 51.5 Å². The van der Waals surface area contributed by atoms with E-state index in [0.29, 0.717) is 30.3 Å². The molecule has 2 aromatic carbocycles. The van der Waals surface area contributed by atoms with Gasteiger partial charge in [-0.15, -0.1) is 4.83 Å². The smallest absolute Gasteiger partial charge is 0.266 e. The minimum absolute atomic E-state index is 0.0460. The van der Waals surface area contributed by atoms with Crippen molar-refractivity contribution in [3.05, 3.63) is 53.1 Å². The van der Waals surface area contributed by atoms with E-state index in [-0.39, 0.29) is 4.90 Å². The molecule has 0 fully saturated rings. The first-order valence-corrected chi connectivity index (χ1v) is 10.1. The topological polar surface area (TPSA) is 93.7 Å². The number of carbonyl (C=O) groups excluding carboxylic acids is 1. The Morgan fingerprint density at radius 1 is 0.963 bits per heavy atom. The Morgan fingerprint density at radius 3 is 2.26 bits per heavy atom. The molecule has 0 atom stereocenters. The molecule has 8 heteroatoms. The predicted molar refractivity (Wildman–Crippen MR) is 102 cm³/mol. The fraction of sp³-hybridized carbons (Fsp3) is 0.316. The number of carbonyl (C=O) groups is 1. The third-order valence-electron chi connectivity index (χ3n) is 3.75. The minimum atomic E-state index is -3.97. The first kappa shape index (κ1) is 20.7. The second-order valence-corrected chi connectivity index (χ2v) is 7.53. The van der Waals surface area contributed by atoms with E-state index in [1.807, 2.05) is 19.9 Å². The Hall–Kier alpha value is -2.58. The molecule has 2 N–H and O–H groups in total. The van der Waals surface area contributed by atoms with Gasteiger partial charge >= 0.3 is 0 Å². The summed E-state index contributed by atoms with van der Waals surface area (Å²) in [6.45, 7) is 8.11. The van der Waals surface area contributed by atoms with E-state index in [1.165, 1.54) is 18.2 Å². The monoisotopic (exact) mass is 392 g/mol. The van der Waals surface area contributed by atoms with Gasteiger partial charge in [0.2, 0.25) is 0 Å². The molecule has 2 rings (SSSR count). The van der Waals surface area contributed by atoms with Crippen LogP contribution in [0.1, 0.15) is 35.3 Å². The van der Waals surface area contributed by atoms with Crippen molar-refractivity contribution in [2.75, 3.05) is 13.2 Å². The number of ether oxygens (including phenoxy) is 2. The second-order valence-electron chi connectivity index (χ2n) is 5.85. The number of benzene rings is 2. The number of hydrogen-bond acceptors (Lipinski definition) is 5. The molecule has 27 heavy (non-hydrogen) atoms. The summed E-state index contributed by atoms with van der Waals surface area (Å²) < 4.78 is 35.9. The van der Waals surface area contributed by atoms with E-state index >= 15 is 0 Å². The molecule has 0 saturated heterocycles. The molecule has 0 aromatic heterocycles. The third kappa shape index (κ3) is 5.21. The lowest BCUT2D eigenvalue weighted by Crippen LogP contribution is -2.41. The quantitative estimate of drug-likeness (QED) is 0.674. The highest BCUT2D eigenvalue weighted by Crippen LogP contribution is 2.30. The summed E-state index contributed by atoms with van der Waals surface area (Å²) in [5.41, 5.74) is 4.41. The molecule has 0 aliphatic rings. The van der Waals surface area contributed by atoms with Gasteiger partial charge in [-0.2, -0.15) is 0 Å². The molecule has 0 aliphatic carbocycles. The van der Waals surface area contributed by atoms with Gasteiger partial charge in [0.1, 0.15) is 0 Å². The van der Waals surface area contributed by atoms with Crippen molar-refractivity contribution in [3.63, 3.8) is 0 Å². The zero-order valence-corrected chi connectivity index (χ0v) is 16.6. The number of nitrogens with one attached hydrogen (secondary N) is 2. The number of rotatable bonds is 8. The molecular weight excluding hydrogens is 368 g/mol. The van der Waals surface area contributed by atoms with Crippen molar-refractivity contribution in [1.82, 2.24) is 10.3 Å². The molecule has 7 nitrogen and oxygen atoms in total. The number of amides is 1. The Kier molecular flexibility index (Phi) is 6.81. The summed E-state index contributed by atoms with van der Waals surface area (Å²) in [7, 11) is -3.97. The molecule has 0 radical (unpaired) electrons. The molecule has 0 aliphatic heterocycles. The van der Waals surface area contributed by atoms with Crippen LogP contribution >= 0.6 is 0 Å². The first-order chi connectivity index (χ1) is 12.8. The lowest BCUT2D eigenvalue weighted by molar-refractivity contribution is 0.0944. The van der Waals surface area contributed by atoms with Crippen molar-refractivity contribution < 1.29 is 22.7 Å². The molecular formula is C19H24N2O5S. The normalized spacial score (nSPS) is 11.1. The molecule has 1 amide bonds. The zero-order chi connectivity index (χ0) is 20.0. The molecule has 0 saturated carbocycles. The van der Waals surface area contributed by atoms with Crippen molar-refractivity contribution in [2.24, 2.45) is 0 Å². The van der Waals surface area contributed by atoms with Crippen molar-refractivity contribution in [2.45, 2.75) is 32.6 Å². The predicted octanol–water partition coefficient (Wildman–Crippen LogP) is 2.72. The third-order valence-corrected chi connectivity index (χ3v) is 5.00. The number of hydrazine groups is 1. The maximum Gasteiger partial charge on any atom is 0.266 e. The standard InChI is InChI=1S/C19H24N2O5S/c1-5-25-17-10-8-15(12-18(17)26-6-2)27(23,24)21-20-19(22)16-9-7-13(3)11-14(16)4/h7-12,21H,5-6H2,1-4H3,(H,20,22). The van der Waals surface area contributed by atoms with Crippen molar-refractivity contribution >= 4 is 15.9 Å². The van der Waals surface area contributed by atoms with Crippen LogP contribution in [0.2, 0.25) is 0 Å². The average molecular weight is 392 g/mol. The number of aryl methyl sites for hydroxylation is 2. The van der Waals surface area contributed by atoms with Crippen LogP contribution in [0.3, 0.4) is 0 Å². The van der Waals surface area contributed by atoms with Gasteiger partial charge in [-0.3, -0.25) is 10.2 Å². The lowest BCUT2D eigenvalue weighted by Gasteiger charge is -2.14. The van der Waals surface area contributed by atoms with E-state index in [9.17, 15) is 13.2 Å². The zero-order valence-electron chi connectivity index (χ0n) is 15.8. The van der Waals surface area contributed by atoms with Gasteiger partial charge in [0.25, 0.3) is 15.9 Å². The molecule has 146 valence electrons. The average Bonchev–Trinajstić information content (AvgIpc) is 2.61. The Bertz CT molecular complexity index is 926. The van der Waals surface area contributed by atoms with Crippen LogP contribution in [0, 0.1) is 13.8 Å². The highest BCUT2D eigenvalue weighted by molar-refractivity contribution is 7.89. The summed E-state index contributed by atoms with van der Waals surface area (Å²) in [4.78, 5) is 14.3. The van der Waals surface area contributed by atoms with Gasteiger partial charge < -0.3 is 9.47 Å². The first-order valence-electron chi connectivity index (χ1n) is 8.57. The molecule has 0 spiro atoms. The fourth-order valence-corrected chi connectivity index (χ4v) is 3.36. The van der Waals surface area contributed by atoms with Crippen LogP contribution in [0.15, 0.2) is 41.3 Å². The van der Waals surface area contributed by atoms with Crippen molar-refractivity contribution in [3.8, 4) is 11.5 Å². The van der Waals surface area contributed by atoms with Gasteiger partial charge in [0.15, 0.2) is 11.5 Å². The molecule has 0 bridgehead atoms. The van der Waals surface area contributed by atoms with E-state index in [2.05, 4.69) is 10.3 Å². The highest BCUT2D eigenvalue weighted by Gasteiger charge is 2.19. The molecule has 2 aromatic rings. The van der Waals surface area contributed by atoms with Crippen LogP contribution in [-0.4, -0.2) is 27.5 Å². The number of hydrogen-bond donors (Lipinski definition) is 2. The van der Waals surface area contributed by atoms with Gasteiger partial charge in [0.05, 0.1) is 18.1 Å². The number of sulfonamides is 1. The maximum atomic E-state index is 12.5. The van der Waals surface area contributed by atoms with E-state index in [0.717, 1.165) is 11.1 Å². The summed E-state index contributed by atoms with van der Waals surface area (Å²) in [5, 5.41) is 0. The van der Waals surface area contributed by atoms with Gasteiger partial charge in [-0.25, -0.2) is 8.42 Å². The van der Waals surface area contributed by atoms with E-state index < -0.39 is 15.9 Å². The van der Waals surface area contributed by atoms with Gasteiger partial charge in [0, 0.05) is 11.6 Å². The summed E-state index contributed by atoms with van der Waals surface area (Å²) in [6.07, 6.45) is 0. The van der Waals surface area contributed by atoms with Crippen LogP contribution < -0.4 is 19.7 Å². The van der Waals surface area contributed by atoms with Gasteiger partial charge in [-0.1, -0.05) is 17.7 Å². The van der Waals surface area contributed by atoms with E-state index in [4.69, 9.17) is 9.47 Å². The Labute approximate surface area is 159 Å². The minimum Gasteiger partial charge on any atom is -0.490 e. The fourth-order valence-electron chi connectivity index (χ4n) is 2.51. The highest BCUT2D eigenvalue weighted by atomic mass is 32.2.